The zero-order valence-electron chi connectivity index (χ0n) is 14.7. The van der Waals surface area contributed by atoms with Gasteiger partial charge in [0.2, 0.25) is 0 Å². The van der Waals surface area contributed by atoms with E-state index < -0.39 is 10.8 Å². The molecular weight excluding hydrogens is 372 g/mol. The van der Waals surface area contributed by atoms with E-state index in [0.717, 1.165) is 16.8 Å². The minimum absolute atomic E-state index is 0.447. The van der Waals surface area contributed by atoms with Crippen LogP contribution in [0.1, 0.15) is 11.1 Å². The van der Waals surface area contributed by atoms with Gasteiger partial charge in [-0.25, -0.2) is 0 Å². The summed E-state index contributed by atoms with van der Waals surface area (Å²) in [5.41, 5.74) is 2.83. The van der Waals surface area contributed by atoms with E-state index >= 15 is 0 Å². The van der Waals surface area contributed by atoms with Crippen molar-refractivity contribution in [3.05, 3.63) is 108 Å². The van der Waals surface area contributed by atoms with Gasteiger partial charge < -0.3 is 10.6 Å². The molecule has 1 atom stereocenters. The standard InChI is InChI=1S/C22H20N2OS2/c25-27(17-18-10-4-1-5-11-18)21(19-12-6-2-7-13-19)16-23-22(26)24-20-14-8-3-9-15-20/h1-16H,17H2,(H2,23,24,26)/b21-16-/t27-/m1/s1. The average molecular weight is 393 g/mol. The Kier molecular flexibility index (Phi) is 6.90. The second-order valence-corrected chi connectivity index (χ2v) is 7.64. The van der Waals surface area contributed by atoms with Gasteiger partial charge in [0, 0.05) is 11.9 Å². The summed E-state index contributed by atoms with van der Waals surface area (Å²) in [5, 5.41) is 6.63. The van der Waals surface area contributed by atoms with Crippen molar-refractivity contribution in [2.75, 3.05) is 5.32 Å². The Morgan fingerprint density at radius 1 is 0.852 bits per heavy atom. The van der Waals surface area contributed by atoms with E-state index in [1.165, 1.54) is 0 Å². The highest BCUT2D eigenvalue weighted by Crippen LogP contribution is 2.20. The lowest BCUT2D eigenvalue weighted by molar-refractivity contribution is 0.688. The van der Waals surface area contributed by atoms with Gasteiger partial charge in [-0.1, -0.05) is 78.9 Å². The summed E-state index contributed by atoms with van der Waals surface area (Å²) in [4.78, 5) is 0.705. The number of rotatable bonds is 6. The van der Waals surface area contributed by atoms with E-state index in [9.17, 15) is 4.21 Å². The Morgan fingerprint density at radius 3 is 2.04 bits per heavy atom. The zero-order valence-corrected chi connectivity index (χ0v) is 16.3. The summed E-state index contributed by atoms with van der Waals surface area (Å²) >= 11 is 5.35. The first-order valence-electron chi connectivity index (χ1n) is 8.53. The molecule has 3 aromatic rings. The maximum absolute atomic E-state index is 13.0. The highest BCUT2D eigenvalue weighted by molar-refractivity contribution is 7.93. The number of hydrogen-bond acceptors (Lipinski definition) is 2. The zero-order chi connectivity index (χ0) is 18.9. The summed E-state index contributed by atoms with van der Waals surface area (Å²) in [6.45, 7) is 0. The van der Waals surface area contributed by atoms with Crippen molar-refractivity contribution in [3.8, 4) is 0 Å². The Hall–Kier alpha value is -2.76. The predicted octanol–water partition coefficient (Wildman–Crippen LogP) is 4.92. The summed E-state index contributed by atoms with van der Waals surface area (Å²) in [5.74, 6) is 0.447. The summed E-state index contributed by atoms with van der Waals surface area (Å²) in [6.07, 6.45) is 1.73. The van der Waals surface area contributed by atoms with Gasteiger partial charge >= 0.3 is 0 Å². The second-order valence-electron chi connectivity index (χ2n) is 5.81. The maximum atomic E-state index is 13.0. The number of thiocarbonyl (C=S) groups is 1. The Labute approximate surface area is 167 Å². The van der Waals surface area contributed by atoms with Crippen molar-refractivity contribution in [2.45, 2.75) is 5.75 Å². The third-order valence-electron chi connectivity index (χ3n) is 3.81. The van der Waals surface area contributed by atoms with Crippen LogP contribution in [0.15, 0.2) is 97.2 Å². The molecule has 0 unspecified atom stereocenters. The van der Waals surface area contributed by atoms with Gasteiger partial charge in [-0.15, -0.1) is 0 Å². The molecule has 0 saturated heterocycles. The van der Waals surface area contributed by atoms with Crippen molar-refractivity contribution in [3.63, 3.8) is 0 Å². The number of hydrogen-bond donors (Lipinski definition) is 2. The maximum Gasteiger partial charge on any atom is 0.174 e. The van der Waals surface area contributed by atoms with Gasteiger partial charge in [-0.05, 0) is 35.5 Å². The van der Waals surface area contributed by atoms with Crippen LogP contribution >= 0.6 is 12.2 Å². The molecule has 0 bridgehead atoms. The molecule has 2 N–H and O–H groups in total. The highest BCUT2D eigenvalue weighted by Gasteiger charge is 2.11. The molecule has 5 heteroatoms. The van der Waals surface area contributed by atoms with Crippen LogP contribution in [0.3, 0.4) is 0 Å². The van der Waals surface area contributed by atoms with E-state index in [0.29, 0.717) is 15.8 Å². The fourth-order valence-corrected chi connectivity index (χ4v) is 3.92. The van der Waals surface area contributed by atoms with E-state index in [1.807, 2.05) is 91.0 Å². The molecule has 0 saturated carbocycles. The average Bonchev–Trinajstić information content (AvgIpc) is 2.70. The van der Waals surface area contributed by atoms with E-state index in [-0.39, 0.29) is 0 Å². The lowest BCUT2D eigenvalue weighted by Gasteiger charge is -2.11. The minimum Gasteiger partial charge on any atom is -0.338 e. The molecular formula is C22H20N2OS2. The molecule has 0 aliphatic rings. The molecule has 0 aliphatic carbocycles. The largest absolute Gasteiger partial charge is 0.338 e. The number of nitrogens with one attached hydrogen (secondary N) is 2. The van der Waals surface area contributed by atoms with Crippen LogP contribution in [0.25, 0.3) is 4.91 Å². The van der Waals surface area contributed by atoms with E-state index in [4.69, 9.17) is 12.2 Å². The van der Waals surface area contributed by atoms with Crippen LogP contribution in [0.5, 0.6) is 0 Å². The molecule has 0 radical (unpaired) electrons. The van der Waals surface area contributed by atoms with Crippen LogP contribution in [0, 0.1) is 0 Å². The van der Waals surface area contributed by atoms with Gasteiger partial charge in [-0.2, -0.15) is 0 Å². The molecule has 3 rings (SSSR count). The molecule has 0 aromatic heterocycles. The summed E-state index contributed by atoms with van der Waals surface area (Å²) in [7, 11) is -1.21. The Bertz CT molecular complexity index is 926. The first kappa shape index (κ1) is 19.0. The topological polar surface area (TPSA) is 41.1 Å². The smallest absolute Gasteiger partial charge is 0.174 e. The molecule has 0 aliphatic heterocycles. The molecule has 136 valence electrons. The SMILES string of the molecule is O=[S@](Cc1ccccc1)/C(=C\NC(=S)Nc1ccccc1)c1ccccc1. The Balaban J connectivity index is 1.76. The van der Waals surface area contributed by atoms with Crippen LogP contribution in [-0.4, -0.2) is 9.32 Å². The molecule has 3 nitrogen and oxygen atoms in total. The molecule has 3 aromatic carbocycles. The Morgan fingerprint density at radius 2 is 1.41 bits per heavy atom. The minimum atomic E-state index is -1.21. The third kappa shape index (κ3) is 5.88. The van der Waals surface area contributed by atoms with Gasteiger partial charge in [0.15, 0.2) is 5.11 Å². The van der Waals surface area contributed by atoms with Crippen molar-refractivity contribution in [2.24, 2.45) is 0 Å². The number of benzene rings is 3. The highest BCUT2D eigenvalue weighted by atomic mass is 32.2. The lowest BCUT2D eigenvalue weighted by Crippen LogP contribution is -2.24. The normalized spacial score (nSPS) is 12.2. The molecule has 0 amide bonds. The summed E-state index contributed by atoms with van der Waals surface area (Å²) in [6, 6.07) is 29.2. The summed E-state index contributed by atoms with van der Waals surface area (Å²) < 4.78 is 13.0. The van der Waals surface area contributed by atoms with E-state index in [2.05, 4.69) is 10.6 Å². The monoisotopic (exact) mass is 392 g/mol. The molecule has 0 spiro atoms. The van der Waals surface area contributed by atoms with E-state index in [1.54, 1.807) is 6.20 Å². The van der Waals surface area contributed by atoms with Gasteiger partial charge in [0.25, 0.3) is 0 Å². The number of para-hydroxylation sites is 1. The van der Waals surface area contributed by atoms with Crippen LogP contribution < -0.4 is 10.6 Å². The molecule has 0 fully saturated rings. The van der Waals surface area contributed by atoms with Crippen LogP contribution in [0.2, 0.25) is 0 Å². The predicted molar refractivity (Wildman–Crippen MR) is 119 cm³/mol. The van der Waals surface area contributed by atoms with Crippen molar-refractivity contribution in [1.29, 1.82) is 0 Å². The van der Waals surface area contributed by atoms with Gasteiger partial charge in [0.05, 0.1) is 21.5 Å². The number of anilines is 1. The van der Waals surface area contributed by atoms with Crippen LogP contribution in [0.4, 0.5) is 5.69 Å². The van der Waals surface area contributed by atoms with Crippen molar-refractivity contribution >= 4 is 38.7 Å². The fraction of sp³-hybridized carbons (Fsp3) is 0.0455. The first-order chi connectivity index (χ1) is 13.2. The molecule has 27 heavy (non-hydrogen) atoms. The van der Waals surface area contributed by atoms with Crippen molar-refractivity contribution < 1.29 is 4.21 Å². The third-order valence-corrected chi connectivity index (χ3v) is 5.47. The lowest BCUT2D eigenvalue weighted by atomic mass is 10.2. The van der Waals surface area contributed by atoms with Gasteiger partial charge in [-0.3, -0.25) is 4.21 Å². The first-order valence-corrected chi connectivity index (χ1v) is 10.3. The fourth-order valence-electron chi connectivity index (χ4n) is 2.51. The quantitative estimate of drug-likeness (QED) is 0.584. The molecule has 0 heterocycles. The van der Waals surface area contributed by atoms with Crippen LogP contribution in [-0.2, 0) is 16.6 Å². The second kappa shape index (κ2) is 9.80. The van der Waals surface area contributed by atoms with Crippen molar-refractivity contribution in [1.82, 2.24) is 5.32 Å². The van der Waals surface area contributed by atoms with Gasteiger partial charge in [0.1, 0.15) is 0 Å².